The summed E-state index contributed by atoms with van der Waals surface area (Å²) in [4.78, 5) is 0. The van der Waals surface area contributed by atoms with Gasteiger partial charge in [-0.05, 0) is 71.8 Å². The van der Waals surface area contributed by atoms with Crippen molar-refractivity contribution >= 4 is 56.6 Å². The van der Waals surface area contributed by atoms with Crippen molar-refractivity contribution in [3.63, 3.8) is 0 Å². The molecule has 2 heteroatoms. The lowest BCUT2D eigenvalue weighted by Crippen LogP contribution is -2.56. The molecule has 0 saturated carbocycles. The molecule has 0 radical (unpaired) electrons. The van der Waals surface area contributed by atoms with Crippen molar-refractivity contribution in [2.45, 2.75) is 51.8 Å². The maximum atomic E-state index is 7.41. The first-order valence-corrected chi connectivity index (χ1v) is 15.3. The Morgan fingerprint density at radius 3 is 1.78 bits per heavy atom. The van der Waals surface area contributed by atoms with Crippen LogP contribution in [0.2, 0.25) is 11.1 Å². The summed E-state index contributed by atoms with van der Waals surface area (Å²) in [6.45, 7) is 11.7. The molecule has 0 aliphatic rings. The minimum atomic E-state index is -2.35. The fourth-order valence-corrected chi connectivity index (χ4v) is 11.4. The highest BCUT2D eigenvalue weighted by Gasteiger charge is 2.45. The van der Waals surface area contributed by atoms with Gasteiger partial charge in [0, 0.05) is 0 Å². The van der Waals surface area contributed by atoms with Gasteiger partial charge in [-0.3, -0.25) is 0 Å². The monoisotopic (exact) mass is 486 g/mol. The van der Waals surface area contributed by atoms with Gasteiger partial charge in [0.25, 0.3) is 0 Å². The second-order valence-corrected chi connectivity index (χ2v) is 15.6. The SMILES string of the molecule is CC(C)[Si](O[C@@H](C)c1ccc2ccc3cccc4ccc1c2c34)(c1ccc2ccccc2c1)C(C)C. The summed E-state index contributed by atoms with van der Waals surface area (Å²) in [6.07, 6.45) is -0.00231. The Hall–Kier alpha value is -3.20. The molecule has 0 unspecified atom stereocenters. The Balaban J connectivity index is 1.51. The number of hydrogen-bond donors (Lipinski definition) is 0. The summed E-state index contributed by atoms with van der Waals surface area (Å²) in [5.41, 5.74) is 2.18. The fraction of sp³-hybridized carbons (Fsp3) is 0.235. The van der Waals surface area contributed by atoms with Crippen LogP contribution in [0.3, 0.4) is 0 Å². The highest BCUT2D eigenvalue weighted by molar-refractivity contribution is 6.89. The second-order valence-electron chi connectivity index (χ2n) is 10.9. The Bertz CT molecular complexity index is 1670. The summed E-state index contributed by atoms with van der Waals surface area (Å²) in [5, 5.41) is 12.0. The van der Waals surface area contributed by atoms with E-state index in [-0.39, 0.29) is 6.10 Å². The maximum Gasteiger partial charge on any atom is 0.230 e. The van der Waals surface area contributed by atoms with E-state index >= 15 is 0 Å². The molecule has 180 valence electrons. The molecule has 6 aromatic carbocycles. The van der Waals surface area contributed by atoms with Crippen LogP contribution in [0.15, 0.2) is 97.1 Å². The third-order valence-corrected chi connectivity index (χ3v) is 13.7. The summed E-state index contributed by atoms with van der Waals surface area (Å²) in [7, 11) is -2.35. The highest BCUT2D eigenvalue weighted by Crippen LogP contribution is 2.42. The van der Waals surface area contributed by atoms with E-state index in [0.29, 0.717) is 11.1 Å². The van der Waals surface area contributed by atoms with Crippen molar-refractivity contribution < 1.29 is 4.43 Å². The smallest absolute Gasteiger partial charge is 0.230 e. The molecule has 0 aliphatic heterocycles. The Labute approximate surface area is 215 Å². The van der Waals surface area contributed by atoms with E-state index in [9.17, 15) is 0 Å². The predicted molar refractivity (Wildman–Crippen MR) is 159 cm³/mol. The first-order valence-electron chi connectivity index (χ1n) is 13.2. The first-order chi connectivity index (χ1) is 17.4. The summed E-state index contributed by atoms with van der Waals surface area (Å²) in [5.74, 6) is 0. The van der Waals surface area contributed by atoms with Crippen LogP contribution in [0, 0.1) is 0 Å². The van der Waals surface area contributed by atoms with Crippen molar-refractivity contribution in [2.24, 2.45) is 0 Å². The normalized spacial score (nSPS) is 13.6. The van der Waals surface area contributed by atoms with Crippen LogP contribution in [-0.4, -0.2) is 8.32 Å². The maximum absolute atomic E-state index is 7.41. The van der Waals surface area contributed by atoms with E-state index in [2.05, 4.69) is 132 Å². The van der Waals surface area contributed by atoms with Crippen LogP contribution in [0.4, 0.5) is 0 Å². The highest BCUT2D eigenvalue weighted by atomic mass is 28.4. The summed E-state index contributed by atoms with van der Waals surface area (Å²) < 4.78 is 7.41. The molecular weight excluding hydrogens is 452 g/mol. The minimum absolute atomic E-state index is 0.00231. The van der Waals surface area contributed by atoms with Gasteiger partial charge in [-0.1, -0.05) is 125 Å². The van der Waals surface area contributed by atoms with Crippen molar-refractivity contribution in [1.29, 1.82) is 0 Å². The number of fused-ring (bicyclic) bond motifs is 1. The van der Waals surface area contributed by atoms with Gasteiger partial charge in [0.1, 0.15) is 0 Å². The molecule has 0 amide bonds. The second kappa shape index (κ2) is 8.72. The quantitative estimate of drug-likeness (QED) is 0.168. The lowest BCUT2D eigenvalue weighted by Gasteiger charge is -2.41. The third-order valence-electron chi connectivity index (χ3n) is 8.29. The molecule has 36 heavy (non-hydrogen) atoms. The average molecular weight is 487 g/mol. The molecule has 0 bridgehead atoms. The predicted octanol–water partition coefficient (Wildman–Crippen LogP) is 9.49. The van der Waals surface area contributed by atoms with Crippen LogP contribution < -0.4 is 5.19 Å². The largest absolute Gasteiger partial charge is 0.405 e. The molecule has 0 spiro atoms. The lowest BCUT2D eigenvalue weighted by atomic mass is 9.91. The van der Waals surface area contributed by atoms with Gasteiger partial charge in [-0.25, -0.2) is 0 Å². The summed E-state index contributed by atoms with van der Waals surface area (Å²) >= 11 is 0. The molecular formula is C34H34OSi. The van der Waals surface area contributed by atoms with E-state index < -0.39 is 8.32 Å². The first kappa shape index (κ1) is 23.2. The van der Waals surface area contributed by atoms with Gasteiger partial charge in [-0.15, -0.1) is 0 Å². The Morgan fingerprint density at radius 2 is 1.08 bits per heavy atom. The van der Waals surface area contributed by atoms with E-state index in [1.165, 1.54) is 53.8 Å². The van der Waals surface area contributed by atoms with Crippen molar-refractivity contribution in [3.05, 3.63) is 103 Å². The Morgan fingerprint density at radius 1 is 0.528 bits per heavy atom. The molecule has 0 aromatic heterocycles. The molecule has 6 rings (SSSR count). The summed E-state index contributed by atoms with van der Waals surface area (Å²) in [6, 6.07) is 36.0. The molecule has 1 atom stereocenters. The molecule has 6 aromatic rings. The average Bonchev–Trinajstić information content (AvgIpc) is 2.89. The topological polar surface area (TPSA) is 9.23 Å². The van der Waals surface area contributed by atoms with E-state index in [1.807, 2.05) is 0 Å². The molecule has 1 nitrogen and oxygen atoms in total. The zero-order valence-electron chi connectivity index (χ0n) is 21.9. The number of rotatable bonds is 6. The van der Waals surface area contributed by atoms with Crippen molar-refractivity contribution in [1.82, 2.24) is 0 Å². The van der Waals surface area contributed by atoms with Gasteiger partial charge in [-0.2, -0.15) is 0 Å². The number of hydrogen-bond acceptors (Lipinski definition) is 1. The fourth-order valence-electron chi connectivity index (χ4n) is 6.57. The lowest BCUT2D eigenvalue weighted by molar-refractivity contribution is 0.209. The number of benzene rings is 6. The molecule has 0 N–H and O–H groups in total. The van der Waals surface area contributed by atoms with Crippen molar-refractivity contribution in [3.8, 4) is 0 Å². The van der Waals surface area contributed by atoms with Crippen LogP contribution in [0.1, 0.15) is 46.3 Å². The van der Waals surface area contributed by atoms with Crippen LogP contribution in [0.5, 0.6) is 0 Å². The Kier molecular flexibility index (Phi) is 5.62. The standard InChI is InChI=1S/C34H34OSi/c1-22(2)36(23(3)4,30-18-15-25-9-6-7-10-29(25)21-30)35-24(5)31-19-16-28-14-13-26-11-8-12-27-17-20-32(31)34(28)33(26)27/h6-24H,1-5H3/t24-/m0/s1. The van der Waals surface area contributed by atoms with Gasteiger partial charge in [0.2, 0.25) is 8.32 Å². The molecule has 0 fully saturated rings. The van der Waals surface area contributed by atoms with E-state index in [1.54, 1.807) is 0 Å². The van der Waals surface area contributed by atoms with Gasteiger partial charge < -0.3 is 4.43 Å². The molecule has 0 saturated heterocycles. The molecule has 0 aliphatic carbocycles. The zero-order valence-corrected chi connectivity index (χ0v) is 22.9. The van der Waals surface area contributed by atoms with Crippen LogP contribution in [-0.2, 0) is 4.43 Å². The molecule has 0 heterocycles. The van der Waals surface area contributed by atoms with E-state index in [4.69, 9.17) is 4.43 Å². The van der Waals surface area contributed by atoms with Crippen LogP contribution >= 0.6 is 0 Å². The zero-order chi connectivity index (χ0) is 25.0. The van der Waals surface area contributed by atoms with E-state index in [0.717, 1.165) is 0 Å². The van der Waals surface area contributed by atoms with Crippen LogP contribution in [0.25, 0.3) is 43.1 Å². The van der Waals surface area contributed by atoms with Gasteiger partial charge in [0.15, 0.2) is 0 Å². The minimum Gasteiger partial charge on any atom is -0.405 e. The van der Waals surface area contributed by atoms with Crippen molar-refractivity contribution in [2.75, 3.05) is 0 Å². The van der Waals surface area contributed by atoms with Gasteiger partial charge >= 0.3 is 0 Å². The van der Waals surface area contributed by atoms with Gasteiger partial charge in [0.05, 0.1) is 6.10 Å². The third kappa shape index (κ3) is 3.47.